The van der Waals surface area contributed by atoms with Crippen molar-refractivity contribution < 1.29 is 9.53 Å². The van der Waals surface area contributed by atoms with Gasteiger partial charge in [0.2, 0.25) is 5.95 Å². The molecule has 3 aromatic rings. The molecule has 0 spiro atoms. The molecule has 0 radical (unpaired) electrons. The van der Waals surface area contributed by atoms with Crippen molar-refractivity contribution in [2.45, 2.75) is 77.7 Å². The Morgan fingerprint density at radius 2 is 1.84 bits per heavy atom. The molecule has 0 aromatic carbocycles. The van der Waals surface area contributed by atoms with E-state index in [1.807, 2.05) is 12.4 Å². The first-order valence-corrected chi connectivity index (χ1v) is 13.6. The number of hydrogen-bond acceptors (Lipinski definition) is 8. The molecule has 1 aliphatic heterocycles. The maximum atomic E-state index is 12.8. The van der Waals surface area contributed by atoms with Gasteiger partial charge in [-0.15, -0.1) is 0 Å². The van der Waals surface area contributed by atoms with Gasteiger partial charge < -0.3 is 9.64 Å². The van der Waals surface area contributed by atoms with Crippen LogP contribution in [0.25, 0.3) is 22.2 Å². The minimum atomic E-state index is -0.439. The first-order chi connectivity index (χ1) is 18.0. The summed E-state index contributed by atoms with van der Waals surface area (Å²) < 4.78 is 7.39. The average Bonchev–Trinajstić information content (AvgIpc) is 3.33. The van der Waals surface area contributed by atoms with Gasteiger partial charge in [0.05, 0.1) is 29.8 Å². The molecule has 1 aliphatic carbocycles. The van der Waals surface area contributed by atoms with Crippen LogP contribution in [0.1, 0.15) is 93.9 Å². The van der Waals surface area contributed by atoms with Crippen LogP contribution in [0.4, 0.5) is 5.95 Å². The third kappa shape index (κ3) is 5.02. The number of anilines is 1. The summed E-state index contributed by atoms with van der Waals surface area (Å²) in [5, 5.41) is 15.2. The summed E-state index contributed by atoms with van der Waals surface area (Å²) in [4.78, 5) is 29.2. The molecular formula is C28H35N7O2. The predicted molar refractivity (Wildman–Crippen MR) is 141 cm³/mol. The highest BCUT2D eigenvalue weighted by atomic mass is 16.5. The summed E-state index contributed by atoms with van der Waals surface area (Å²) in [7, 11) is 0. The molecule has 3 aromatic heterocycles. The molecule has 0 amide bonds. The van der Waals surface area contributed by atoms with E-state index in [9.17, 15) is 10.1 Å². The number of carbonyl (C=O) groups is 1. The number of aromatic nitrogens is 5. The summed E-state index contributed by atoms with van der Waals surface area (Å²) in [5.74, 6) is 0.518. The Bertz CT molecular complexity index is 1290. The predicted octanol–water partition coefficient (Wildman–Crippen LogP) is 5.43. The third-order valence-electron chi connectivity index (χ3n) is 7.55. The Balaban J connectivity index is 1.60. The van der Waals surface area contributed by atoms with Crippen LogP contribution in [-0.2, 0) is 4.74 Å². The van der Waals surface area contributed by atoms with Crippen molar-refractivity contribution in [2.24, 2.45) is 5.92 Å². The molecule has 0 atom stereocenters. The van der Waals surface area contributed by atoms with Crippen LogP contribution in [0.3, 0.4) is 0 Å². The SMILES string of the molecule is CCOC(=O)c1cc(-c2cnc(N3CCC(C#N)CC3)nc2)c2c(C(C)C)nn(C3CCCCC3)c2n1. The van der Waals surface area contributed by atoms with Crippen LogP contribution < -0.4 is 4.90 Å². The molecule has 1 saturated heterocycles. The molecular weight excluding hydrogens is 466 g/mol. The Morgan fingerprint density at radius 1 is 1.14 bits per heavy atom. The topological polar surface area (TPSA) is 110 Å². The Hall–Kier alpha value is -3.54. The quantitative estimate of drug-likeness (QED) is 0.411. The third-order valence-corrected chi connectivity index (χ3v) is 7.55. The second kappa shape index (κ2) is 10.8. The van der Waals surface area contributed by atoms with Gasteiger partial charge in [-0.25, -0.2) is 24.4 Å². The molecule has 9 heteroatoms. The molecule has 0 unspecified atom stereocenters. The number of esters is 1. The molecule has 0 bridgehead atoms. The van der Waals surface area contributed by atoms with Gasteiger partial charge in [-0.05, 0) is 44.6 Å². The standard InChI is InChI=1S/C28H35N7O2/c1-4-37-27(36)23-14-22(20-16-30-28(31-17-20)34-12-10-19(15-29)11-13-34)24-25(18(2)3)33-35(26(24)32-23)21-8-6-5-7-9-21/h14,16-19,21H,4-13H2,1-3H3. The van der Waals surface area contributed by atoms with E-state index in [0.717, 1.165) is 66.6 Å². The number of fused-ring (bicyclic) bond motifs is 1. The van der Waals surface area contributed by atoms with Crippen molar-refractivity contribution in [1.29, 1.82) is 5.26 Å². The van der Waals surface area contributed by atoms with Crippen LogP contribution in [0.5, 0.6) is 0 Å². The number of carbonyl (C=O) groups excluding carboxylic acids is 1. The fourth-order valence-corrected chi connectivity index (χ4v) is 5.52. The molecule has 5 rings (SSSR count). The highest BCUT2D eigenvalue weighted by molar-refractivity contribution is 6.00. The van der Waals surface area contributed by atoms with Crippen LogP contribution >= 0.6 is 0 Å². The van der Waals surface area contributed by atoms with E-state index in [0.29, 0.717) is 5.95 Å². The zero-order valence-electron chi connectivity index (χ0n) is 22.0. The summed E-state index contributed by atoms with van der Waals surface area (Å²) >= 11 is 0. The highest BCUT2D eigenvalue weighted by Crippen LogP contribution is 2.38. The molecule has 4 heterocycles. The normalized spacial score (nSPS) is 17.3. The van der Waals surface area contributed by atoms with Gasteiger partial charge in [-0.1, -0.05) is 33.1 Å². The van der Waals surface area contributed by atoms with E-state index in [-0.39, 0.29) is 30.2 Å². The van der Waals surface area contributed by atoms with Crippen LogP contribution in [-0.4, -0.2) is 50.4 Å². The van der Waals surface area contributed by atoms with Gasteiger partial charge >= 0.3 is 5.97 Å². The molecule has 2 aliphatic rings. The number of nitriles is 1. The molecule has 9 nitrogen and oxygen atoms in total. The molecule has 194 valence electrons. The van der Waals surface area contributed by atoms with Crippen LogP contribution in [0.15, 0.2) is 18.5 Å². The first kappa shape index (κ1) is 25.1. The lowest BCUT2D eigenvalue weighted by Crippen LogP contribution is -2.34. The lowest BCUT2D eigenvalue weighted by molar-refractivity contribution is 0.0520. The number of ether oxygens (including phenoxy) is 1. The summed E-state index contributed by atoms with van der Waals surface area (Å²) in [6.45, 7) is 7.91. The summed E-state index contributed by atoms with van der Waals surface area (Å²) in [5.41, 5.74) is 3.66. The van der Waals surface area contributed by atoms with Crippen molar-refractivity contribution in [3.05, 3.63) is 29.8 Å². The van der Waals surface area contributed by atoms with Crippen molar-refractivity contribution >= 4 is 23.0 Å². The van der Waals surface area contributed by atoms with E-state index >= 15 is 0 Å². The first-order valence-electron chi connectivity index (χ1n) is 13.6. The average molecular weight is 502 g/mol. The van der Waals surface area contributed by atoms with E-state index in [4.69, 9.17) is 14.8 Å². The number of pyridine rings is 1. The van der Waals surface area contributed by atoms with E-state index in [1.165, 1.54) is 19.3 Å². The van der Waals surface area contributed by atoms with Crippen molar-refractivity contribution in [1.82, 2.24) is 24.7 Å². The Labute approximate surface area is 217 Å². The largest absolute Gasteiger partial charge is 0.461 e. The monoisotopic (exact) mass is 501 g/mol. The van der Waals surface area contributed by atoms with Gasteiger partial charge in [0.25, 0.3) is 0 Å². The summed E-state index contributed by atoms with van der Waals surface area (Å²) in [6, 6.07) is 4.44. The molecule has 1 saturated carbocycles. The van der Waals surface area contributed by atoms with Gasteiger partial charge in [-0.3, -0.25) is 0 Å². The number of nitrogens with zero attached hydrogens (tertiary/aromatic N) is 7. The Morgan fingerprint density at radius 3 is 2.46 bits per heavy atom. The second-order valence-electron chi connectivity index (χ2n) is 10.4. The maximum absolute atomic E-state index is 12.8. The van der Waals surface area contributed by atoms with Gasteiger partial charge in [0, 0.05) is 42.5 Å². The van der Waals surface area contributed by atoms with E-state index < -0.39 is 5.97 Å². The van der Waals surface area contributed by atoms with Crippen LogP contribution in [0.2, 0.25) is 0 Å². The van der Waals surface area contributed by atoms with Gasteiger partial charge in [-0.2, -0.15) is 10.4 Å². The van der Waals surface area contributed by atoms with Crippen molar-refractivity contribution in [3.8, 4) is 17.2 Å². The van der Waals surface area contributed by atoms with E-state index in [2.05, 4.69) is 39.5 Å². The minimum absolute atomic E-state index is 0.108. The fraction of sp³-hybridized carbons (Fsp3) is 0.571. The van der Waals surface area contributed by atoms with Crippen molar-refractivity contribution in [3.63, 3.8) is 0 Å². The molecule has 0 N–H and O–H groups in total. The maximum Gasteiger partial charge on any atom is 0.357 e. The minimum Gasteiger partial charge on any atom is -0.461 e. The van der Waals surface area contributed by atoms with Crippen LogP contribution in [0, 0.1) is 17.2 Å². The number of rotatable bonds is 6. The van der Waals surface area contributed by atoms with E-state index in [1.54, 1.807) is 13.0 Å². The highest BCUT2D eigenvalue weighted by Gasteiger charge is 2.27. The number of piperidine rings is 1. The lowest BCUT2D eigenvalue weighted by Gasteiger charge is -2.29. The fourth-order valence-electron chi connectivity index (χ4n) is 5.52. The number of hydrogen-bond donors (Lipinski definition) is 0. The Kier molecular flexibility index (Phi) is 7.36. The smallest absolute Gasteiger partial charge is 0.357 e. The van der Waals surface area contributed by atoms with Gasteiger partial charge in [0.15, 0.2) is 11.3 Å². The van der Waals surface area contributed by atoms with Gasteiger partial charge in [0.1, 0.15) is 0 Å². The zero-order valence-corrected chi connectivity index (χ0v) is 22.0. The summed E-state index contributed by atoms with van der Waals surface area (Å²) in [6.07, 6.45) is 11.0. The molecule has 37 heavy (non-hydrogen) atoms. The lowest BCUT2D eigenvalue weighted by atomic mass is 9.95. The zero-order chi connectivity index (χ0) is 25.9. The molecule has 2 fully saturated rings. The second-order valence-corrected chi connectivity index (χ2v) is 10.4. The van der Waals surface area contributed by atoms with Crippen molar-refractivity contribution in [2.75, 3.05) is 24.6 Å².